The Morgan fingerprint density at radius 1 is 1.19 bits per heavy atom. The van der Waals surface area contributed by atoms with Gasteiger partial charge in [-0.15, -0.1) is 0 Å². The molecular formula is C16H28N2O2S. The number of unbranched alkanes of at least 4 members (excludes halogenated alkanes) is 1. The highest BCUT2D eigenvalue weighted by Gasteiger charge is 2.12. The van der Waals surface area contributed by atoms with Gasteiger partial charge in [-0.05, 0) is 58.3 Å². The van der Waals surface area contributed by atoms with E-state index in [4.69, 9.17) is 0 Å². The van der Waals surface area contributed by atoms with Crippen LogP contribution in [0.2, 0.25) is 0 Å². The third-order valence-electron chi connectivity index (χ3n) is 3.75. The van der Waals surface area contributed by atoms with Gasteiger partial charge in [0.1, 0.15) is 0 Å². The van der Waals surface area contributed by atoms with Crippen LogP contribution in [0.4, 0.5) is 0 Å². The molecule has 1 aromatic rings. The zero-order valence-electron chi connectivity index (χ0n) is 13.6. The predicted octanol–water partition coefficient (Wildman–Crippen LogP) is 2.53. The summed E-state index contributed by atoms with van der Waals surface area (Å²) in [6, 6.07) is 8.13. The summed E-state index contributed by atoms with van der Waals surface area (Å²) in [7, 11) is -1.15. The van der Waals surface area contributed by atoms with Crippen molar-refractivity contribution in [1.29, 1.82) is 0 Å². The van der Waals surface area contributed by atoms with Crippen molar-refractivity contribution in [3.8, 4) is 0 Å². The second-order valence-corrected chi connectivity index (χ2v) is 7.67. The lowest BCUT2D eigenvalue weighted by Crippen LogP contribution is -2.29. The van der Waals surface area contributed by atoms with Crippen LogP contribution in [0.3, 0.4) is 0 Å². The Morgan fingerprint density at radius 2 is 1.86 bits per heavy atom. The number of sulfonamides is 1. The molecule has 21 heavy (non-hydrogen) atoms. The van der Waals surface area contributed by atoms with Gasteiger partial charge in [-0.2, -0.15) is 0 Å². The van der Waals surface area contributed by atoms with Gasteiger partial charge < -0.3 is 4.90 Å². The van der Waals surface area contributed by atoms with Crippen molar-refractivity contribution in [2.75, 3.05) is 20.1 Å². The van der Waals surface area contributed by atoms with E-state index in [1.54, 1.807) is 0 Å². The molecule has 0 unspecified atom stereocenters. The van der Waals surface area contributed by atoms with Crippen molar-refractivity contribution in [3.05, 3.63) is 35.4 Å². The maximum Gasteiger partial charge on any atom is 0.215 e. The summed E-state index contributed by atoms with van der Waals surface area (Å²) in [5.41, 5.74) is 1.88. The SMILES string of the molecule is Cc1ccccc1CS(=O)(=O)NCCCCN(C)C(C)C. The highest BCUT2D eigenvalue weighted by Crippen LogP contribution is 2.10. The summed E-state index contributed by atoms with van der Waals surface area (Å²) in [5.74, 6) is 0.0611. The van der Waals surface area contributed by atoms with Crippen molar-refractivity contribution < 1.29 is 8.42 Å². The first-order chi connectivity index (χ1) is 9.82. The van der Waals surface area contributed by atoms with Crippen LogP contribution >= 0.6 is 0 Å². The number of hydrogen-bond acceptors (Lipinski definition) is 3. The number of hydrogen-bond donors (Lipinski definition) is 1. The molecule has 1 rings (SSSR count). The summed E-state index contributed by atoms with van der Waals surface area (Å²) in [6.07, 6.45) is 1.87. The van der Waals surface area contributed by atoms with Crippen molar-refractivity contribution in [1.82, 2.24) is 9.62 Å². The van der Waals surface area contributed by atoms with E-state index in [0.717, 1.165) is 30.5 Å². The summed E-state index contributed by atoms with van der Waals surface area (Å²) in [4.78, 5) is 2.27. The van der Waals surface area contributed by atoms with Gasteiger partial charge in [0.05, 0.1) is 5.75 Å². The average molecular weight is 312 g/mol. The van der Waals surface area contributed by atoms with Gasteiger partial charge in [-0.25, -0.2) is 13.1 Å². The molecule has 0 atom stereocenters. The monoisotopic (exact) mass is 312 g/mol. The zero-order chi connectivity index (χ0) is 15.9. The molecule has 120 valence electrons. The van der Waals surface area contributed by atoms with Crippen LogP contribution in [0, 0.1) is 6.92 Å². The standard InChI is InChI=1S/C16H28N2O2S/c1-14(2)18(4)12-8-7-11-17-21(19,20)13-16-10-6-5-9-15(16)3/h5-6,9-10,14,17H,7-8,11-13H2,1-4H3. The van der Waals surface area contributed by atoms with E-state index in [0.29, 0.717) is 12.6 Å². The Kier molecular flexibility index (Phi) is 7.35. The number of rotatable bonds is 9. The minimum atomic E-state index is -3.24. The van der Waals surface area contributed by atoms with Crippen LogP contribution < -0.4 is 4.72 Å². The third-order valence-corrected chi connectivity index (χ3v) is 5.08. The first kappa shape index (κ1) is 18.1. The Balaban J connectivity index is 2.32. The minimum Gasteiger partial charge on any atom is -0.304 e. The lowest BCUT2D eigenvalue weighted by Gasteiger charge is -2.20. The van der Waals surface area contributed by atoms with Crippen LogP contribution in [0.1, 0.15) is 37.8 Å². The van der Waals surface area contributed by atoms with E-state index in [9.17, 15) is 8.42 Å². The molecule has 0 bridgehead atoms. The minimum absolute atomic E-state index is 0.0611. The Labute approximate surface area is 129 Å². The molecule has 0 aliphatic rings. The summed E-state index contributed by atoms with van der Waals surface area (Å²) >= 11 is 0. The molecule has 0 radical (unpaired) electrons. The number of nitrogens with one attached hydrogen (secondary N) is 1. The van der Waals surface area contributed by atoms with E-state index in [1.165, 1.54) is 0 Å². The molecule has 0 amide bonds. The van der Waals surface area contributed by atoms with Gasteiger partial charge >= 0.3 is 0 Å². The molecule has 5 heteroatoms. The number of aryl methyl sites for hydroxylation is 1. The van der Waals surface area contributed by atoms with Gasteiger partial charge in [-0.3, -0.25) is 0 Å². The van der Waals surface area contributed by atoms with Gasteiger partial charge in [0.15, 0.2) is 0 Å². The van der Waals surface area contributed by atoms with Crippen LogP contribution in [-0.2, 0) is 15.8 Å². The molecule has 0 fully saturated rings. The van der Waals surface area contributed by atoms with Crippen LogP contribution in [0.5, 0.6) is 0 Å². The van der Waals surface area contributed by atoms with Crippen LogP contribution in [0.25, 0.3) is 0 Å². The van der Waals surface area contributed by atoms with E-state index in [-0.39, 0.29) is 5.75 Å². The largest absolute Gasteiger partial charge is 0.304 e. The molecule has 0 spiro atoms. The molecule has 4 nitrogen and oxygen atoms in total. The van der Waals surface area contributed by atoms with E-state index in [1.807, 2.05) is 31.2 Å². The third kappa shape index (κ3) is 7.07. The zero-order valence-corrected chi connectivity index (χ0v) is 14.4. The molecule has 1 N–H and O–H groups in total. The molecule has 1 aromatic carbocycles. The normalized spacial score (nSPS) is 12.3. The molecule has 0 heterocycles. The van der Waals surface area contributed by atoms with Crippen molar-refractivity contribution in [2.24, 2.45) is 0 Å². The predicted molar refractivity (Wildman–Crippen MR) is 88.8 cm³/mol. The van der Waals surface area contributed by atoms with E-state index < -0.39 is 10.0 Å². The van der Waals surface area contributed by atoms with Crippen LogP contribution in [-0.4, -0.2) is 39.5 Å². The van der Waals surface area contributed by atoms with Gasteiger partial charge in [0.2, 0.25) is 10.0 Å². The highest BCUT2D eigenvalue weighted by molar-refractivity contribution is 7.88. The highest BCUT2D eigenvalue weighted by atomic mass is 32.2. The lowest BCUT2D eigenvalue weighted by molar-refractivity contribution is 0.268. The quantitative estimate of drug-likeness (QED) is 0.713. The lowest BCUT2D eigenvalue weighted by atomic mass is 10.1. The molecule has 0 aromatic heterocycles. The first-order valence-electron chi connectivity index (χ1n) is 7.54. The molecule has 0 saturated heterocycles. The summed E-state index contributed by atoms with van der Waals surface area (Å²) < 4.78 is 26.8. The van der Waals surface area contributed by atoms with Gasteiger partial charge in [0, 0.05) is 12.6 Å². The van der Waals surface area contributed by atoms with E-state index in [2.05, 4.69) is 30.5 Å². The van der Waals surface area contributed by atoms with Crippen LogP contribution in [0.15, 0.2) is 24.3 Å². The molecule has 0 aliphatic heterocycles. The smallest absolute Gasteiger partial charge is 0.215 e. The van der Waals surface area contributed by atoms with Gasteiger partial charge in [-0.1, -0.05) is 24.3 Å². The van der Waals surface area contributed by atoms with Crippen molar-refractivity contribution >= 4 is 10.0 Å². The Morgan fingerprint density at radius 3 is 2.48 bits per heavy atom. The number of benzene rings is 1. The molecule has 0 saturated carbocycles. The Bertz CT molecular complexity index is 527. The second kappa shape index (κ2) is 8.51. The van der Waals surface area contributed by atoms with Gasteiger partial charge in [0.25, 0.3) is 0 Å². The maximum atomic E-state index is 12.0. The van der Waals surface area contributed by atoms with Crippen molar-refractivity contribution in [3.63, 3.8) is 0 Å². The summed E-state index contributed by atoms with van der Waals surface area (Å²) in [5, 5.41) is 0. The fourth-order valence-corrected chi connectivity index (χ4v) is 3.29. The van der Waals surface area contributed by atoms with E-state index >= 15 is 0 Å². The fraction of sp³-hybridized carbons (Fsp3) is 0.625. The Hall–Kier alpha value is -0.910. The number of nitrogens with zero attached hydrogens (tertiary/aromatic N) is 1. The molecular weight excluding hydrogens is 284 g/mol. The topological polar surface area (TPSA) is 49.4 Å². The summed E-state index contributed by atoms with van der Waals surface area (Å²) in [6.45, 7) is 7.76. The fourth-order valence-electron chi connectivity index (χ4n) is 2.00. The molecule has 0 aliphatic carbocycles. The maximum absolute atomic E-state index is 12.0. The first-order valence-corrected chi connectivity index (χ1v) is 9.19. The second-order valence-electron chi connectivity index (χ2n) is 5.86. The average Bonchev–Trinajstić information content (AvgIpc) is 2.40. The van der Waals surface area contributed by atoms with Crippen molar-refractivity contribution in [2.45, 2.75) is 45.4 Å².